The van der Waals surface area contributed by atoms with Crippen LogP contribution >= 0.6 is 0 Å². The molecule has 0 aliphatic carbocycles. The van der Waals surface area contributed by atoms with Gasteiger partial charge in [0.2, 0.25) is 0 Å². The maximum Gasteiger partial charge on any atom is 0.123 e. The van der Waals surface area contributed by atoms with Crippen LogP contribution in [0.15, 0.2) is 41.0 Å². The van der Waals surface area contributed by atoms with E-state index in [9.17, 15) is 0 Å². The summed E-state index contributed by atoms with van der Waals surface area (Å²) < 4.78 is 11.0. The first-order valence-corrected chi connectivity index (χ1v) is 6.18. The highest BCUT2D eigenvalue weighted by Gasteiger charge is 2.06. The Hall–Kier alpha value is -1.74. The lowest BCUT2D eigenvalue weighted by Gasteiger charge is -2.09. The fourth-order valence-corrected chi connectivity index (χ4v) is 1.80. The largest absolute Gasteiger partial charge is 0.489 e. The molecule has 2 N–H and O–H groups in total. The Kier molecular flexibility index (Phi) is 4.05. The smallest absolute Gasteiger partial charge is 0.123 e. The van der Waals surface area contributed by atoms with Gasteiger partial charge in [0, 0.05) is 5.56 Å². The molecule has 2 rings (SSSR count). The van der Waals surface area contributed by atoms with Crippen LogP contribution in [0.2, 0.25) is 0 Å². The molecular formula is C15H19NO2. The van der Waals surface area contributed by atoms with Gasteiger partial charge in [-0.15, -0.1) is 0 Å². The van der Waals surface area contributed by atoms with Crippen LogP contribution in [0.1, 0.15) is 36.7 Å². The van der Waals surface area contributed by atoms with Crippen molar-refractivity contribution in [3.63, 3.8) is 0 Å². The molecule has 0 aliphatic rings. The van der Waals surface area contributed by atoms with E-state index in [0.29, 0.717) is 19.1 Å². The van der Waals surface area contributed by atoms with E-state index >= 15 is 0 Å². The summed E-state index contributed by atoms with van der Waals surface area (Å²) >= 11 is 0. The fourth-order valence-electron chi connectivity index (χ4n) is 1.80. The van der Waals surface area contributed by atoms with Crippen LogP contribution in [0.25, 0.3) is 0 Å². The zero-order valence-electron chi connectivity index (χ0n) is 10.8. The summed E-state index contributed by atoms with van der Waals surface area (Å²) in [6, 6.07) is 10.1. The average Bonchev–Trinajstić information content (AvgIpc) is 2.84. The third-order valence-corrected chi connectivity index (χ3v) is 2.94. The molecular weight excluding hydrogens is 226 g/mol. The van der Waals surface area contributed by atoms with Crippen LogP contribution in [0.5, 0.6) is 5.75 Å². The minimum absolute atomic E-state index is 0.401. The zero-order valence-corrected chi connectivity index (χ0v) is 10.8. The van der Waals surface area contributed by atoms with Gasteiger partial charge in [-0.3, -0.25) is 0 Å². The number of hydrogen-bond acceptors (Lipinski definition) is 3. The van der Waals surface area contributed by atoms with Gasteiger partial charge in [-0.2, -0.15) is 0 Å². The fraction of sp³-hybridized carbons (Fsp3) is 0.333. The first-order chi connectivity index (χ1) is 8.70. The molecule has 0 bridgehead atoms. The van der Waals surface area contributed by atoms with Crippen molar-refractivity contribution in [1.29, 1.82) is 0 Å². The van der Waals surface area contributed by atoms with Crippen LogP contribution in [-0.4, -0.2) is 0 Å². The van der Waals surface area contributed by atoms with Crippen molar-refractivity contribution >= 4 is 0 Å². The Balaban J connectivity index is 2.04. The number of hydrogen-bond donors (Lipinski definition) is 1. The van der Waals surface area contributed by atoms with Crippen molar-refractivity contribution in [3.05, 3.63) is 53.5 Å². The standard InChI is InChI=1S/C15H19NO2/c1-11(2)12-4-3-5-14(8-12)18-10-13-6-7-17-15(13)9-16/h3-8,11H,9-10,16H2,1-2H3. The number of benzene rings is 1. The maximum atomic E-state index is 5.77. The van der Waals surface area contributed by atoms with E-state index in [-0.39, 0.29) is 0 Å². The Morgan fingerprint density at radius 3 is 2.83 bits per heavy atom. The van der Waals surface area contributed by atoms with Crippen LogP contribution in [0.3, 0.4) is 0 Å². The van der Waals surface area contributed by atoms with Gasteiger partial charge in [-0.25, -0.2) is 0 Å². The highest BCUT2D eigenvalue weighted by Crippen LogP contribution is 2.21. The average molecular weight is 245 g/mol. The van der Waals surface area contributed by atoms with Gasteiger partial charge in [0.1, 0.15) is 18.1 Å². The molecule has 0 radical (unpaired) electrons. The first-order valence-electron chi connectivity index (χ1n) is 6.18. The number of nitrogens with two attached hydrogens (primary N) is 1. The van der Waals surface area contributed by atoms with Crippen LogP contribution in [-0.2, 0) is 13.2 Å². The highest BCUT2D eigenvalue weighted by molar-refractivity contribution is 5.30. The van der Waals surface area contributed by atoms with Crippen LogP contribution in [0, 0.1) is 0 Å². The number of rotatable bonds is 5. The van der Waals surface area contributed by atoms with Crippen LogP contribution < -0.4 is 10.5 Å². The zero-order chi connectivity index (χ0) is 13.0. The lowest BCUT2D eigenvalue weighted by atomic mass is 10.0. The van der Waals surface area contributed by atoms with Gasteiger partial charge < -0.3 is 14.9 Å². The van der Waals surface area contributed by atoms with Gasteiger partial charge in [-0.1, -0.05) is 26.0 Å². The van der Waals surface area contributed by atoms with Crippen molar-refractivity contribution < 1.29 is 9.15 Å². The number of ether oxygens (including phenoxy) is 1. The lowest BCUT2D eigenvalue weighted by molar-refractivity contribution is 0.302. The molecule has 2 aromatic rings. The SMILES string of the molecule is CC(C)c1cccc(OCc2ccoc2CN)c1. The molecule has 0 fully saturated rings. The van der Waals surface area contributed by atoms with Crippen molar-refractivity contribution in [2.75, 3.05) is 0 Å². The molecule has 96 valence electrons. The van der Waals surface area contributed by atoms with Crippen molar-refractivity contribution in [2.24, 2.45) is 5.73 Å². The Morgan fingerprint density at radius 2 is 2.11 bits per heavy atom. The summed E-state index contributed by atoms with van der Waals surface area (Å²) in [7, 11) is 0. The molecule has 0 atom stereocenters. The first kappa shape index (κ1) is 12.7. The normalized spacial score (nSPS) is 10.9. The molecule has 3 heteroatoms. The minimum atomic E-state index is 0.401. The molecule has 0 saturated carbocycles. The summed E-state index contributed by atoms with van der Waals surface area (Å²) in [6.07, 6.45) is 1.64. The molecule has 3 nitrogen and oxygen atoms in total. The molecule has 0 aliphatic heterocycles. The predicted octanol–water partition coefficient (Wildman–Crippen LogP) is 3.44. The van der Waals surface area contributed by atoms with E-state index in [1.807, 2.05) is 18.2 Å². The van der Waals surface area contributed by atoms with E-state index < -0.39 is 0 Å². The van der Waals surface area contributed by atoms with E-state index in [4.69, 9.17) is 14.9 Å². The highest BCUT2D eigenvalue weighted by atomic mass is 16.5. The van der Waals surface area contributed by atoms with Gasteiger partial charge in [0.25, 0.3) is 0 Å². The van der Waals surface area contributed by atoms with Gasteiger partial charge in [0.15, 0.2) is 0 Å². The molecule has 1 heterocycles. The lowest BCUT2D eigenvalue weighted by Crippen LogP contribution is -2.02. The quantitative estimate of drug-likeness (QED) is 0.877. The monoisotopic (exact) mass is 245 g/mol. The summed E-state index contributed by atoms with van der Waals surface area (Å²) in [4.78, 5) is 0. The second-order valence-corrected chi connectivity index (χ2v) is 4.59. The molecule has 1 aromatic carbocycles. The van der Waals surface area contributed by atoms with Crippen molar-refractivity contribution in [3.8, 4) is 5.75 Å². The minimum Gasteiger partial charge on any atom is -0.489 e. The van der Waals surface area contributed by atoms with Crippen molar-refractivity contribution in [1.82, 2.24) is 0 Å². The Bertz CT molecular complexity index is 503. The molecule has 0 unspecified atom stereocenters. The summed E-state index contributed by atoms with van der Waals surface area (Å²) in [5.74, 6) is 2.17. The van der Waals surface area contributed by atoms with E-state index in [1.165, 1.54) is 5.56 Å². The van der Waals surface area contributed by atoms with E-state index in [0.717, 1.165) is 17.1 Å². The second-order valence-electron chi connectivity index (χ2n) is 4.59. The Morgan fingerprint density at radius 1 is 1.28 bits per heavy atom. The molecule has 1 aromatic heterocycles. The molecule has 0 spiro atoms. The van der Waals surface area contributed by atoms with E-state index in [1.54, 1.807) is 6.26 Å². The van der Waals surface area contributed by atoms with Crippen LogP contribution in [0.4, 0.5) is 0 Å². The molecule has 0 saturated heterocycles. The molecule has 18 heavy (non-hydrogen) atoms. The second kappa shape index (κ2) is 5.74. The van der Waals surface area contributed by atoms with Crippen molar-refractivity contribution in [2.45, 2.75) is 32.9 Å². The third-order valence-electron chi connectivity index (χ3n) is 2.94. The summed E-state index contributed by atoms with van der Waals surface area (Å²) in [5.41, 5.74) is 7.86. The maximum absolute atomic E-state index is 5.77. The summed E-state index contributed by atoms with van der Waals surface area (Å²) in [5, 5.41) is 0. The predicted molar refractivity (Wildman–Crippen MR) is 71.5 cm³/mol. The van der Waals surface area contributed by atoms with Gasteiger partial charge in [0.05, 0.1) is 12.8 Å². The summed E-state index contributed by atoms with van der Waals surface area (Å²) in [6.45, 7) is 5.23. The topological polar surface area (TPSA) is 48.4 Å². The number of furan rings is 1. The van der Waals surface area contributed by atoms with E-state index in [2.05, 4.69) is 26.0 Å². The third kappa shape index (κ3) is 2.93. The molecule has 0 amide bonds. The van der Waals surface area contributed by atoms with Gasteiger partial charge >= 0.3 is 0 Å². The van der Waals surface area contributed by atoms with Gasteiger partial charge in [-0.05, 0) is 29.7 Å². The Labute approximate surface area is 108 Å².